The Labute approximate surface area is 114 Å². The predicted octanol–water partition coefficient (Wildman–Crippen LogP) is 3.83. The maximum absolute atomic E-state index is 13.7. The summed E-state index contributed by atoms with van der Waals surface area (Å²) in [5.74, 6) is 0.268. The summed E-state index contributed by atoms with van der Waals surface area (Å²) < 4.78 is 13.7. The normalized spacial score (nSPS) is 13.0. The van der Waals surface area contributed by atoms with E-state index in [4.69, 9.17) is 11.6 Å². The van der Waals surface area contributed by atoms with Crippen LogP contribution >= 0.6 is 11.6 Å². The van der Waals surface area contributed by atoms with Crippen molar-refractivity contribution in [2.75, 3.05) is 6.54 Å². The highest BCUT2D eigenvalue weighted by Crippen LogP contribution is 2.15. The Morgan fingerprint density at radius 1 is 1.44 bits per heavy atom. The molecule has 0 amide bonds. The van der Waals surface area contributed by atoms with Crippen molar-refractivity contribution in [3.8, 4) is 0 Å². The molecule has 0 aliphatic heterocycles. The molecule has 0 bridgehead atoms. The Hall–Kier alpha value is -0.670. The molecule has 1 heterocycles. The van der Waals surface area contributed by atoms with Gasteiger partial charge in [-0.1, -0.05) is 32.4 Å². The average molecular weight is 273 g/mol. The van der Waals surface area contributed by atoms with Crippen molar-refractivity contribution in [1.29, 1.82) is 0 Å². The summed E-state index contributed by atoms with van der Waals surface area (Å²) in [7, 11) is 0. The summed E-state index contributed by atoms with van der Waals surface area (Å²) in [5, 5.41) is 3.80. The van der Waals surface area contributed by atoms with E-state index >= 15 is 0 Å². The molecule has 1 aromatic heterocycles. The number of pyridine rings is 1. The van der Waals surface area contributed by atoms with E-state index in [0.29, 0.717) is 23.1 Å². The zero-order chi connectivity index (χ0) is 13.5. The van der Waals surface area contributed by atoms with Gasteiger partial charge >= 0.3 is 0 Å². The van der Waals surface area contributed by atoms with Crippen LogP contribution in [0.4, 0.5) is 4.39 Å². The second kappa shape index (κ2) is 7.70. The van der Waals surface area contributed by atoms with Crippen LogP contribution in [0, 0.1) is 11.7 Å². The average Bonchev–Trinajstić information content (AvgIpc) is 2.29. The van der Waals surface area contributed by atoms with Gasteiger partial charge in [-0.15, -0.1) is 0 Å². The molecular weight excluding hydrogens is 251 g/mol. The van der Waals surface area contributed by atoms with Gasteiger partial charge in [0.25, 0.3) is 0 Å². The Morgan fingerprint density at radius 2 is 2.17 bits per heavy atom. The molecule has 0 spiro atoms. The van der Waals surface area contributed by atoms with Gasteiger partial charge in [0.05, 0.1) is 10.7 Å². The molecule has 102 valence electrons. The molecular formula is C14H22ClFN2. The van der Waals surface area contributed by atoms with Gasteiger partial charge in [0.1, 0.15) is 5.82 Å². The number of halogens is 2. The molecule has 2 nitrogen and oxygen atoms in total. The van der Waals surface area contributed by atoms with Crippen molar-refractivity contribution in [2.45, 2.75) is 46.1 Å². The van der Waals surface area contributed by atoms with Crippen LogP contribution in [-0.2, 0) is 6.42 Å². The van der Waals surface area contributed by atoms with Crippen LogP contribution in [0.3, 0.4) is 0 Å². The predicted molar refractivity (Wildman–Crippen MR) is 74.4 cm³/mol. The lowest BCUT2D eigenvalue weighted by molar-refractivity contribution is 0.408. The van der Waals surface area contributed by atoms with Crippen molar-refractivity contribution in [2.24, 2.45) is 5.92 Å². The van der Waals surface area contributed by atoms with E-state index < -0.39 is 0 Å². The molecule has 4 heteroatoms. The van der Waals surface area contributed by atoms with Gasteiger partial charge in [-0.2, -0.15) is 0 Å². The Balaban J connectivity index is 2.68. The van der Waals surface area contributed by atoms with Gasteiger partial charge in [-0.3, -0.25) is 4.98 Å². The van der Waals surface area contributed by atoms with E-state index in [1.54, 1.807) is 0 Å². The van der Waals surface area contributed by atoms with E-state index in [1.807, 2.05) is 0 Å². The summed E-state index contributed by atoms with van der Waals surface area (Å²) >= 11 is 5.70. The molecule has 1 atom stereocenters. The second-order valence-corrected chi connectivity index (χ2v) is 5.50. The summed E-state index contributed by atoms with van der Waals surface area (Å²) in [6, 6.07) is 1.60. The number of hydrogen-bond donors (Lipinski definition) is 1. The van der Waals surface area contributed by atoms with Gasteiger partial charge < -0.3 is 5.32 Å². The first-order chi connectivity index (χ1) is 8.52. The molecule has 0 aliphatic carbocycles. The van der Waals surface area contributed by atoms with E-state index in [9.17, 15) is 4.39 Å². The molecule has 0 radical (unpaired) electrons. The van der Waals surface area contributed by atoms with Gasteiger partial charge in [-0.25, -0.2) is 4.39 Å². The number of nitrogens with zero attached hydrogens (tertiary/aromatic N) is 1. The Kier molecular flexibility index (Phi) is 6.58. The van der Waals surface area contributed by atoms with Gasteiger partial charge in [-0.05, 0) is 31.4 Å². The summed E-state index contributed by atoms with van der Waals surface area (Å²) in [6.45, 7) is 7.42. The van der Waals surface area contributed by atoms with E-state index in [0.717, 1.165) is 19.4 Å². The highest BCUT2D eigenvalue weighted by molar-refractivity contribution is 6.30. The molecule has 1 aromatic rings. The van der Waals surface area contributed by atoms with Crippen molar-refractivity contribution in [3.63, 3.8) is 0 Å². The fourth-order valence-corrected chi connectivity index (χ4v) is 2.13. The Morgan fingerprint density at radius 3 is 2.72 bits per heavy atom. The van der Waals surface area contributed by atoms with E-state index in [2.05, 4.69) is 31.1 Å². The molecule has 1 unspecified atom stereocenters. The summed E-state index contributed by atoms with van der Waals surface area (Å²) in [5.41, 5.74) is 0.494. The number of aromatic nitrogens is 1. The smallest absolute Gasteiger partial charge is 0.146 e. The minimum atomic E-state index is -0.311. The Bertz CT molecular complexity index is 369. The quantitative estimate of drug-likeness (QED) is 0.816. The fraction of sp³-hybridized carbons (Fsp3) is 0.643. The highest BCUT2D eigenvalue weighted by atomic mass is 35.5. The van der Waals surface area contributed by atoms with Crippen LogP contribution < -0.4 is 5.32 Å². The molecule has 0 saturated carbocycles. The van der Waals surface area contributed by atoms with E-state index in [1.165, 1.54) is 12.3 Å². The fourth-order valence-electron chi connectivity index (χ4n) is 1.98. The first kappa shape index (κ1) is 15.4. The van der Waals surface area contributed by atoms with Crippen LogP contribution in [0.25, 0.3) is 0 Å². The first-order valence-corrected chi connectivity index (χ1v) is 6.94. The molecule has 0 aromatic carbocycles. The summed E-state index contributed by atoms with van der Waals surface area (Å²) in [6.07, 6.45) is 4.21. The van der Waals surface area contributed by atoms with Crippen molar-refractivity contribution < 1.29 is 4.39 Å². The molecule has 0 fully saturated rings. The minimum absolute atomic E-state index is 0.271. The number of nitrogens with one attached hydrogen (secondary N) is 1. The van der Waals surface area contributed by atoms with Crippen molar-refractivity contribution >= 4 is 11.6 Å². The van der Waals surface area contributed by atoms with Crippen LogP contribution in [0.1, 0.15) is 39.3 Å². The zero-order valence-electron chi connectivity index (χ0n) is 11.3. The third kappa shape index (κ3) is 5.32. The topological polar surface area (TPSA) is 24.9 Å². The molecule has 1 N–H and O–H groups in total. The highest BCUT2D eigenvalue weighted by Gasteiger charge is 2.14. The third-order valence-corrected chi connectivity index (χ3v) is 2.97. The van der Waals surface area contributed by atoms with Crippen LogP contribution in [0.15, 0.2) is 12.3 Å². The minimum Gasteiger partial charge on any atom is -0.314 e. The molecule has 0 aliphatic rings. The largest absolute Gasteiger partial charge is 0.314 e. The maximum Gasteiger partial charge on any atom is 0.146 e. The summed E-state index contributed by atoms with van der Waals surface area (Å²) in [4.78, 5) is 4.09. The zero-order valence-corrected chi connectivity index (χ0v) is 12.1. The molecule has 1 rings (SSSR count). The SMILES string of the molecule is CCCNC(Cc1ncc(Cl)cc1F)CC(C)C. The number of rotatable bonds is 7. The van der Waals surface area contributed by atoms with Crippen LogP contribution in [-0.4, -0.2) is 17.6 Å². The van der Waals surface area contributed by atoms with E-state index in [-0.39, 0.29) is 11.9 Å². The van der Waals surface area contributed by atoms with Gasteiger partial charge in [0.15, 0.2) is 0 Å². The third-order valence-electron chi connectivity index (χ3n) is 2.76. The molecule has 18 heavy (non-hydrogen) atoms. The van der Waals surface area contributed by atoms with Crippen LogP contribution in [0.5, 0.6) is 0 Å². The first-order valence-electron chi connectivity index (χ1n) is 6.56. The standard InChI is InChI=1S/C14H22ClFN2/c1-4-5-17-12(6-10(2)3)8-14-13(16)7-11(15)9-18-14/h7,9-10,12,17H,4-6,8H2,1-3H3. The van der Waals surface area contributed by atoms with Crippen molar-refractivity contribution in [3.05, 3.63) is 28.8 Å². The number of hydrogen-bond acceptors (Lipinski definition) is 2. The monoisotopic (exact) mass is 272 g/mol. The van der Waals surface area contributed by atoms with Crippen LogP contribution in [0.2, 0.25) is 5.02 Å². The molecule has 0 saturated heterocycles. The van der Waals surface area contributed by atoms with Gasteiger partial charge in [0.2, 0.25) is 0 Å². The second-order valence-electron chi connectivity index (χ2n) is 5.07. The lowest BCUT2D eigenvalue weighted by Gasteiger charge is -2.20. The maximum atomic E-state index is 13.7. The lowest BCUT2D eigenvalue weighted by Crippen LogP contribution is -2.33. The van der Waals surface area contributed by atoms with Gasteiger partial charge in [0, 0.05) is 18.7 Å². The lowest BCUT2D eigenvalue weighted by atomic mass is 9.99. The van der Waals surface area contributed by atoms with Crippen molar-refractivity contribution in [1.82, 2.24) is 10.3 Å².